The van der Waals surface area contributed by atoms with Crippen molar-refractivity contribution in [2.24, 2.45) is 0 Å². The molecule has 0 saturated carbocycles. The number of nitrogens with one attached hydrogen (secondary N) is 1. The van der Waals surface area contributed by atoms with Crippen LogP contribution in [0.25, 0.3) is 0 Å². The third-order valence-corrected chi connectivity index (χ3v) is 5.51. The summed E-state index contributed by atoms with van der Waals surface area (Å²) in [5.41, 5.74) is 1.09. The van der Waals surface area contributed by atoms with Crippen LogP contribution in [0.5, 0.6) is 0 Å². The molecule has 0 heterocycles. The first kappa shape index (κ1) is 17.1. The van der Waals surface area contributed by atoms with Gasteiger partial charge in [0, 0.05) is 25.7 Å². The highest BCUT2D eigenvalue weighted by atomic mass is 32.2. The number of sulfonamides is 1. The molecule has 114 valence electrons. The van der Waals surface area contributed by atoms with Crippen LogP contribution in [-0.2, 0) is 16.6 Å². The zero-order chi connectivity index (χ0) is 15.3. The van der Waals surface area contributed by atoms with E-state index in [9.17, 15) is 8.42 Å². The molecule has 0 aliphatic heterocycles. The molecule has 0 fully saturated rings. The first-order valence-corrected chi connectivity index (χ1v) is 8.53. The third-order valence-electron chi connectivity index (χ3n) is 3.53. The largest absolute Gasteiger partial charge is 0.310 e. The average molecular weight is 298 g/mol. The fourth-order valence-electron chi connectivity index (χ4n) is 1.76. The minimum atomic E-state index is -3.39. The summed E-state index contributed by atoms with van der Waals surface area (Å²) in [6, 6.07) is 7.52. The summed E-state index contributed by atoms with van der Waals surface area (Å²) in [7, 11) is -1.75. The summed E-state index contributed by atoms with van der Waals surface area (Å²) >= 11 is 0. The standard InChI is InChI=1S/C15H26N2O2S/c1-6-13(4)17(5)20(18,19)15-9-7-14(8-10-15)11-16-12(2)3/h7-10,12-13,16H,6,11H2,1-5H3. The van der Waals surface area contributed by atoms with E-state index >= 15 is 0 Å². The first-order chi connectivity index (χ1) is 9.28. The molecule has 0 aliphatic rings. The average Bonchev–Trinajstić information content (AvgIpc) is 2.43. The summed E-state index contributed by atoms with van der Waals surface area (Å²) in [5, 5.41) is 3.31. The van der Waals surface area contributed by atoms with Gasteiger partial charge in [-0.05, 0) is 31.0 Å². The Labute approximate surface area is 123 Å². The number of hydrogen-bond donors (Lipinski definition) is 1. The van der Waals surface area contributed by atoms with Crippen molar-refractivity contribution < 1.29 is 8.42 Å². The molecular weight excluding hydrogens is 272 g/mol. The predicted molar refractivity (Wildman–Crippen MR) is 83.1 cm³/mol. The number of nitrogens with zero attached hydrogens (tertiary/aromatic N) is 1. The van der Waals surface area contributed by atoms with E-state index in [4.69, 9.17) is 0 Å². The highest BCUT2D eigenvalue weighted by Gasteiger charge is 2.24. The van der Waals surface area contributed by atoms with E-state index in [1.165, 1.54) is 4.31 Å². The Kier molecular flexibility index (Phi) is 6.17. The molecule has 1 N–H and O–H groups in total. The van der Waals surface area contributed by atoms with Gasteiger partial charge in [-0.25, -0.2) is 8.42 Å². The lowest BCUT2D eigenvalue weighted by atomic mass is 10.2. The number of hydrogen-bond acceptors (Lipinski definition) is 3. The van der Waals surface area contributed by atoms with Crippen molar-refractivity contribution in [3.63, 3.8) is 0 Å². The van der Waals surface area contributed by atoms with Crippen molar-refractivity contribution in [2.45, 2.75) is 57.6 Å². The Morgan fingerprint density at radius 2 is 1.70 bits per heavy atom. The van der Waals surface area contributed by atoms with Crippen molar-refractivity contribution >= 4 is 10.0 Å². The van der Waals surface area contributed by atoms with Gasteiger partial charge in [-0.1, -0.05) is 32.9 Å². The number of rotatable bonds is 7. The van der Waals surface area contributed by atoms with Gasteiger partial charge in [0.05, 0.1) is 4.90 Å². The van der Waals surface area contributed by atoms with Gasteiger partial charge < -0.3 is 5.32 Å². The SMILES string of the molecule is CCC(C)N(C)S(=O)(=O)c1ccc(CNC(C)C)cc1. The molecule has 1 rings (SSSR count). The van der Waals surface area contributed by atoms with Crippen LogP contribution in [-0.4, -0.2) is 31.9 Å². The van der Waals surface area contributed by atoms with Crippen LogP contribution in [0.15, 0.2) is 29.2 Å². The maximum atomic E-state index is 12.4. The fourth-order valence-corrected chi connectivity index (χ4v) is 3.20. The van der Waals surface area contributed by atoms with Crippen LogP contribution in [0.3, 0.4) is 0 Å². The van der Waals surface area contributed by atoms with Gasteiger partial charge >= 0.3 is 0 Å². The molecule has 0 amide bonds. The molecule has 1 atom stereocenters. The molecule has 0 saturated heterocycles. The third kappa shape index (κ3) is 4.30. The summed E-state index contributed by atoms with van der Waals surface area (Å²) in [6.45, 7) is 8.81. The molecule has 1 aromatic rings. The van der Waals surface area contributed by atoms with E-state index in [-0.39, 0.29) is 6.04 Å². The van der Waals surface area contributed by atoms with Crippen LogP contribution in [0.2, 0.25) is 0 Å². The summed E-state index contributed by atoms with van der Waals surface area (Å²) in [4.78, 5) is 0.355. The van der Waals surface area contributed by atoms with Crippen molar-refractivity contribution in [3.05, 3.63) is 29.8 Å². The second-order valence-electron chi connectivity index (χ2n) is 5.46. The zero-order valence-electron chi connectivity index (χ0n) is 13.1. The zero-order valence-corrected chi connectivity index (χ0v) is 13.9. The second-order valence-corrected chi connectivity index (χ2v) is 7.46. The predicted octanol–water partition coefficient (Wildman–Crippen LogP) is 2.60. The lowest BCUT2D eigenvalue weighted by Crippen LogP contribution is -2.34. The van der Waals surface area contributed by atoms with Crippen molar-refractivity contribution in [1.29, 1.82) is 0 Å². The van der Waals surface area contributed by atoms with Crippen LogP contribution >= 0.6 is 0 Å². The molecule has 0 bridgehead atoms. The van der Waals surface area contributed by atoms with E-state index < -0.39 is 10.0 Å². The Morgan fingerprint density at radius 3 is 2.15 bits per heavy atom. The smallest absolute Gasteiger partial charge is 0.243 e. The molecule has 4 nitrogen and oxygen atoms in total. The van der Waals surface area contributed by atoms with Crippen LogP contribution < -0.4 is 5.32 Å². The molecule has 1 unspecified atom stereocenters. The molecule has 0 radical (unpaired) electrons. The van der Waals surface area contributed by atoms with Crippen molar-refractivity contribution in [1.82, 2.24) is 9.62 Å². The highest BCUT2D eigenvalue weighted by Crippen LogP contribution is 2.18. The van der Waals surface area contributed by atoms with Gasteiger partial charge in [-0.15, -0.1) is 0 Å². The quantitative estimate of drug-likeness (QED) is 0.842. The van der Waals surface area contributed by atoms with Gasteiger partial charge in [0.15, 0.2) is 0 Å². The van der Waals surface area contributed by atoms with Gasteiger partial charge in [0.1, 0.15) is 0 Å². The normalized spacial score (nSPS) is 13.9. The molecule has 0 aliphatic carbocycles. The lowest BCUT2D eigenvalue weighted by Gasteiger charge is -2.23. The summed E-state index contributed by atoms with van der Waals surface area (Å²) < 4.78 is 26.3. The molecule has 20 heavy (non-hydrogen) atoms. The van der Waals surface area contributed by atoms with E-state index in [0.29, 0.717) is 10.9 Å². The molecule has 0 aromatic heterocycles. The van der Waals surface area contributed by atoms with Crippen LogP contribution in [0.1, 0.15) is 39.7 Å². The Balaban J connectivity index is 2.87. The molecular formula is C15H26N2O2S. The van der Waals surface area contributed by atoms with E-state index in [0.717, 1.165) is 18.5 Å². The minimum absolute atomic E-state index is 0.00211. The molecule has 1 aromatic carbocycles. The van der Waals surface area contributed by atoms with E-state index in [2.05, 4.69) is 19.2 Å². The van der Waals surface area contributed by atoms with Gasteiger partial charge in [0.25, 0.3) is 0 Å². The Bertz CT molecular complexity index is 509. The summed E-state index contributed by atoms with van der Waals surface area (Å²) in [5.74, 6) is 0. The first-order valence-electron chi connectivity index (χ1n) is 7.09. The van der Waals surface area contributed by atoms with Crippen molar-refractivity contribution in [2.75, 3.05) is 7.05 Å². The number of benzene rings is 1. The Morgan fingerprint density at radius 1 is 1.15 bits per heavy atom. The van der Waals surface area contributed by atoms with Crippen molar-refractivity contribution in [3.8, 4) is 0 Å². The topological polar surface area (TPSA) is 49.4 Å². The van der Waals surface area contributed by atoms with E-state index in [1.54, 1.807) is 19.2 Å². The lowest BCUT2D eigenvalue weighted by molar-refractivity contribution is 0.380. The van der Waals surface area contributed by atoms with Gasteiger partial charge in [0.2, 0.25) is 10.0 Å². The van der Waals surface area contributed by atoms with Gasteiger partial charge in [-0.2, -0.15) is 4.31 Å². The molecule has 0 spiro atoms. The fraction of sp³-hybridized carbons (Fsp3) is 0.600. The van der Waals surface area contributed by atoms with Crippen LogP contribution in [0, 0.1) is 0 Å². The maximum Gasteiger partial charge on any atom is 0.243 e. The van der Waals surface area contributed by atoms with E-state index in [1.807, 2.05) is 26.0 Å². The summed E-state index contributed by atoms with van der Waals surface area (Å²) in [6.07, 6.45) is 0.798. The van der Waals surface area contributed by atoms with Gasteiger partial charge in [-0.3, -0.25) is 0 Å². The highest BCUT2D eigenvalue weighted by molar-refractivity contribution is 7.89. The second kappa shape index (κ2) is 7.20. The van der Waals surface area contributed by atoms with Crippen LogP contribution in [0.4, 0.5) is 0 Å². The monoisotopic (exact) mass is 298 g/mol. The molecule has 5 heteroatoms. The maximum absolute atomic E-state index is 12.4. The minimum Gasteiger partial charge on any atom is -0.310 e. The Hall–Kier alpha value is -0.910.